The molecule has 18 heavy (non-hydrogen) atoms. The first-order valence-corrected chi connectivity index (χ1v) is 6.18. The summed E-state index contributed by atoms with van der Waals surface area (Å²) in [5.41, 5.74) is 7.14. The summed E-state index contributed by atoms with van der Waals surface area (Å²) in [6.45, 7) is 1.46. The monoisotopic (exact) mass is 248 g/mol. The van der Waals surface area contributed by atoms with Gasteiger partial charge in [0.2, 0.25) is 0 Å². The SMILES string of the molecule is Nc1ccc2c(c1)OCC(=O)N2CC1CCCO1. The van der Waals surface area contributed by atoms with Crippen LogP contribution in [-0.4, -0.2) is 31.8 Å². The van der Waals surface area contributed by atoms with Gasteiger partial charge in [0.1, 0.15) is 5.75 Å². The molecule has 0 aliphatic carbocycles. The number of fused-ring (bicyclic) bond motifs is 1. The van der Waals surface area contributed by atoms with Crippen LogP contribution in [0.15, 0.2) is 18.2 Å². The third-order valence-electron chi connectivity index (χ3n) is 3.34. The van der Waals surface area contributed by atoms with Crippen molar-refractivity contribution < 1.29 is 14.3 Å². The number of hydrogen-bond donors (Lipinski definition) is 1. The van der Waals surface area contributed by atoms with Crippen molar-refractivity contribution >= 4 is 17.3 Å². The van der Waals surface area contributed by atoms with Crippen LogP contribution < -0.4 is 15.4 Å². The highest BCUT2D eigenvalue weighted by Gasteiger charge is 2.29. The molecule has 1 atom stereocenters. The van der Waals surface area contributed by atoms with E-state index in [0.717, 1.165) is 25.1 Å². The zero-order valence-corrected chi connectivity index (χ0v) is 10.1. The number of amides is 1. The molecule has 5 nitrogen and oxygen atoms in total. The molecule has 0 radical (unpaired) electrons. The van der Waals surface area contributed by atoms with Crippen molar-refractivity contribution in [3.8, 4) is 5.75 Å². The maximum Gasteiger partial charge on any atom is 0.265 e. The van der Waals surface area contributed by atoms with Crippen molar-refractivity contribution in [1.29, 1.82) is 0 Å². The zero-order chi connectivity index (χ0) is 12.5. The van der Waals surface area contributed by atoms with E-state index in [1.807, 2.05) is 6.07 Å². The van der Waals surface area contributed by atoms with Crippen LogP contribution in [0.2, 0.25) is 0 Å². The number of ether oxygens (including phenoxy) is 2. The number of anilines is 2. The molecule has 2 N–H and O–H groups in total. The van der Waals surface area contributed by atoms with E-state index in [1.54, 1.807) is 17.0 Å². The van der Waals surface area contributed by atoms with Gasteiger partial charge in [0.05, 0.1) is 18.3 Å². The Morgan fingerprint density at radius 2 is 2.33 bits per heavy atom. The van der Waals surface area contributed by atoms with Crippen LogP contribution in [0.5, 0.6) is 5.75 Å². The van der Waals surface area contributed by atoms with Gasteiger partial charge in [-0.15, -0.1) is 0 Å². The summed E-state index contributed by atoms with van der Waals surface area (Å²) in [7, 11) is 0. The summed E-state index contributed by atoms with van der Waals surface area (Å²) in [5, 5.41) is 0. The van der Waals surface area contributed by atoms with Crippen LogP contribution in [-0.2, 0) is 9.53 Å². The third kappa shape index (κ3) is 2.01. The van der Waals surface area contributed by atoms with Crippen LogP contribution >= 0.6 is 0 Å². The Morgan fingerprint density at radius 1 is 1.44 bits per heavy atom. The summed E-state index contributed by atoms with van der Waals surface area (Å²) in [4.78, 5) is 13.7. The Bertz CT molecular complexity index is 469. The largest absolute Gasteiger partial charge is 0.481 e. The van der Waals surface area contributed by atoms with Gasteiger partial charge in [-0.2, -0.15) is 0 Å². The topological polar surface area (TPSA) is 64.8 Å². The first kappa shape index (κ1) is 11.3. The highest BCUT2D eigenvalue weighted by molar-refractivity contribution is 5.98. The van der Waals surface area contributed by atoms with E-state index in [9.17, 15) is 4.79 Å². The molecule has 0 aromatic heterocycles. The van der Waals surface area contributed by atoms with Crippen molar-refractivity contribution in [2.24, 2.45) is 0 Å². The second kappa shape index (κ2) is 4.49. The van der Waals surface area contributed by atoms with E-state index in [1.165, 1.54) is 0 Å². The zero-order valence-electron chi connectivity index (χ0n) is 10.1. The molecular weight excluding hydrogens is 232 g/mol. The normalized spacial score (nSPS) is 22.8. The van der Waals surface area contributed by atoms with E-state index in [2.05, 4.69) is 0 Å². The van der Waals surface area contributed by atoms with E-state index < -0.39 is 0 Å². The van der Waals surface area contributed by atoms with Crippen molar-refractivity contribution in [3.05, 3.63) is 18.2 Å². The molecule has 1 amide bonds. The van der Waals surface area contributed by atoms with E-state index >= 15 is 0 Å². The van der Waals surface area contributed by atoms with Gasteiger partial charge in [0.25, 0.3) is 5.91 Å². The molecule has 1 aromatic rings. The molecule has 2 heterocycles. The lowest BCUT2D eigenvalue weighted by molar-refractivity contribution is -0.121. The van der Waals surface area contributed by atoms with Gasteiger partial charge in [-0.05, 0) is 25.0 Å². The number of carbonyl (C=O) groups is 1. The number of nitrogens with zero attached hydrogens (tertiary/aromatic N) is 1. The Hall–Kier alpha value is -1.75. The van der Waals surface area contributed by atoms with Gasteiger partial charge in [0.15, 0.2) is 6.61 Å². The Balaban J connectivity index is 1.86. The highest BCUT2D eigenvalue weighted by Crippen LogP contribution is 2.34. The smallest absolute Gasteiger partial charge is 0.265 e. The summed E-state index contributed by atoms with van der Waals surface area (Å²) in [6, 6.07) is 5.37. The van der Waals surface area contributed by atoms with Crippen LogP contribution in [0.25, 0.3) is 0 Å². The molecule has 5 heteroatoms. The van der Waals surface area contributed by atoms with E-state index in [0.29, 0.717) is 18.0 Å². The van der Waals surface area contributed by atoms with Crippen molar-refractivity contribution in [2.45, 2.75) is 18.9 Å². The molecular formula is C13H16N2O3. The minimum absolute atomic E-state index is 0.0252. The molecule has 3 rings (SSSR count). The predicted octanol–water partition coefficient (Wildman–Crippen LogP) is 1.17. The molecule has 2 aliphatic heterocycles. The van der Waals surface area contributed by atoms with Gasteiger partial charge in [-0.1, -0.05) is 0 Å². The number of hydrogen-bond acceptors (Lipinski definition) is 4. The summed E-state index contributed by atoms with van der Waals surface area (Å²) >= 11 is 0. The lowest BCUT2D eigenvalue weighted by Gasteiger charge is -2.31. The van der Waals surface area contributed by atoms with Crippen LogP contribution in [0.3, 0.4) is 0 Å². The molecule has 1 saturated heterocycles. The molecule has 0 spiro atoms. The van der Waals surface area contributed by atoms with Crippen LogP contribution in [0.1, 0.15) is 12.8 Å². The molecule has 96 valence electrons. The Kier molecular flexibility index (Phi) is 2.83. The van der Waals surface area contributed by atoms with Gasteiger partial charge in [0, 0.05) is 18.4 Å². The number of nitrogen functional groups attached to an aromatic ring is 1. The van der Waals surface area contributed by atoms with Gasteiger partial charge < -0.3 is 20.1 Å². The fraction of sp³-hybridized carbons (Fsp3) is 0.462. The maximum atomic E-state index is 11.9. The first-order valence-electron chi connectivity index (χ1n) is 6.18. The molecule has 1 unspecified atom stereocenters. The molecule has 0 bridgehead atoms. The van der Waals surface area contributed by atoms with Crippen molar-refractivity contribution in [2.75, 3.05) is 30.4 Å². The summed E-state index contributed by atoms with van der Waals surface area (Å²) in [5.74, 6) is 0.648. The predicted molar refractivity (Wildman–Crippen MR) is 67.7 cm³/mol. The number of nitrogens with two attached hydrogens (primary N) is 1. The first-order chi connectivity index (χ1) is 8.74. The fourth-order valence-corrected chi connectivity index (χ4v) is 2.41. The number of benzene rings is 1. The molecule has 0 saturated carbocycles. The quantitative estimate of drug-likeness (QED) is 0.798. The van der Waals surface area contributed by atoms with Crippen LogP contribution in [0, 0.1) is 0 Å². The lowest BCUT2D eigenvalue weighted by atomic mass is 10.1. The summed E-state index contributed by atoms with van der Waals surface area (Å²) < 4.78 is 11.0. The van der Waals surface area contributed by atoms with Gasteiger partial charge in [-0.3, -0.25) is 4.79 Å². The third-order valence-corrected chi connectivity index (χ3v) is 3.34. The van der Waals surface area contributed by atoms with Crippen molar-refractivity contribution in [1.82, 2.24) is 0 Å². The van der Waals surface area contributed by atoms with E-state index in [-0.39, 0.29) is 18.6 Å². The highest BCUT2D eigenvalue weighted by atomic mass is 16.5. The number of carbonyl (C=O) groups excluding carboxylic acids is 1. The fourth-order valence-electron chi connectivity index (χ4n) is 2.41. The summed E-state index contributed by atoms with van der Waals surface area (Å²) in [6.07, 6.45) is 2.21. The second-order valence-electron chi connectivity index (χ2n) is 4.66. The van der Waals surface area contributed by atoms with E-state index in [4.69, 9.17) is 15.2 Å². The lowest BCUT2D eigenvalue weighted by Crippen LogP contribution is -2.43. The minimum Gasteiger partial charge on any atom is -0.481 e. The minimum atomic E-state index is -0.0252. The Labute approximate surface area is 105 Å². The molecule has 1 fully saturated rings. The Morgan fingerprint density at radius 3 is 3.11 bits per heavy atom. The number of rotatable bonds is 2. The molecule has 2 aliphatic rings. The standard InChI is InChI=1S/C13H16N2O3/c14-9-3-4-11-12(6-9)18-8-13(16)15(11)7-10-2-1-5-17-10/h3-4,6,10H,1-2,5,7-8,14H2. The average molecular weight is 248 g/mol. The van der Waals surface area contributed by atoms with Gasteiger partial charge >= 0.3 is 0 Å². The second-order valence-corrected chi connectivity index (χ2v) is 4.66. The van der Waals surface area contributed by atoms with Crippen LogP contribution in [0.4, 0.5) is 11.4 Å². The van der Waals surface area contributed by atoms with Gasteiger partial charge in [-0.25, -0.2) is 0 Å². The van der Waals surface area contributed by atoms with Crippen molar-refractivity contribution in [3.63, 3.8) is 0 Å². The average Bonchev–Trinajstić information content (AvgIpc) is 2.86. The molecule has 1 aromatic carbocycles. The maximum absolute atomic E-state index is 11.9.